The normalized spacial score (nSPS) is 14.6. The molecule has 5 heteroatoms. The number of rotatable bonds is 2. The first-order chi connectivity index (χ1) is 14.3. The Bertz CT molecular complexity index is 958. The highest BCUT2D eigenvalue weighted by molar-refractivity contribution is 5.68. The average molecular weight is 407 g/mol. The van der Waals surface area contributed by atoms with Crippen LogP contribution in [0.4, 0.5) is 10.5 Å². The lowest BCUT2D eigenvalue weighted by Gasteiger charge is -2.33. The van der Waals surface area contributed by atoms with Gasteiger partial charge in [-0.05, 0) is 69.4 Å². The zero-order valence-corrected chi connectivity index (χ0v) is 18.2. The van der Waals surface area contributed by atoms with Gasteiger partial charge in [0.2, 0.25) is 0 Å². The first-order valence-corrected chi connectivity index (χ1v) is 10.3. The second-order valence-electron chi connectivity index (χ2n) is 8.54. The predicted octanol–water partition coefficient (Wildman–Crippen LogP) is 4.79. The minimum absolute atomic E-state index is 0.235. The Morgan fingerprint density at radius 2 is 1.73 bits per heavy atom. The van der Waals surface area contributed by atoms with Crippen molar-refractivity contribution in [3.63, 3.8) is 0 Å². The Hall–Kier alpha value is -3.13. The predicted molar refractivity (Wildman–Crippen MR) is 120 cm³/mol. The van der Waals surface area contributed by atoms with Crippen LogP contribution in [0.15, 0.2) is 42.5 Å². The third-order valence-electron chi connectivity index (χ3n) is 5.13. The number of ether oxygens (including phenoxy) is 2. The highest BCUT2D eigenvalue weighted by Crippen LogP contribution is 2.30. The van der Waals surface area contributed by atoms with Gasteiger partial charge in [-0.1, -0.05) is 30.0 Å². The second kappa shape index (κ2) is 9.13. The first kappa shape index (κ1) is 21.6. The molecular weight excluding hydrogens is 376 g/mol. The van der Waals surface area contributed by atoms with Gasteiger partial charge in [-0.15, -0.1) is 0 Å². The van der Waals surface area contributed by atoms with Crippen molar-refractivity contribution < 1.29 is 14.3 Å². The number of nitrogens with two attached hydrogens (primary N) is 1. The van der Waals surface area contributed by atoms with Crippen LogP contribution in [0.5, 0.6) is 5.75 Å². The first-order valence-electron chi connectivity index (χ1n) is 10.3. The van der Waals surface area contributed by atoms with Crippen molar-refractivity contribution in [2.75, 3.05) is 25.9 Å². The third kappa shape index (κ3) is 5.48. The number of likely N-dealkylation sites (tertiary alicyclic amines) is 1. The van der Waals surface area contributed by atoms with E-state index in [1.807, 2.05) is 51.1 Å². The van der Waals surface area contributed by atoms with Gasteiger partial charge in [0.15, 0.2) is 0 Å². The maximum atomic E-state index is 12.3. The van der Waals surface area contributed by atoms with Crippen molar-refractivity contribution in [2.24, 2.45) is 0 Å². The molecule has 2 N–H and O–H groups in total. The highest BCUT2D eigenvalue weighted by Gasteiger charge is 2.27. The van der Waals surface area contributed by atoms with E-state index >= 15 is 0 Å². The van der Waals surface area contributed by atoms with Crippen LogP contribution in [-0.4, -0.2) is 36.8 Å². The number of piperidine rings is 1. The molecule has 1 fully saturated rings. The molecule has 3 rings (SSSR count). The number of hydrogen-bond acceptors (Lipinski definition) is 4. The van der Waals surface area contributed by atoms with E-state index in [9.17, 15) is 4.79 Å². The number of amides is 1. The van der Waals surface area contributed by atoms with Crippen molar-refractivity contribution in [3.8, 4) is 17.6 Å². The van der Waals surface area contributed by atoms with Gasteiger partial charge >= 0.3 is 6.09 Å². The molecule has 0 unspecified atom stereocenters. The largest absolute Gasteiger partial charge is 0.495 e. The van der Waals surface area contributed by atoms with E-state index in [1.54, 1.807) is 12.0 Å². The summed E-state index contributed by atoms with van der Waals surface area (Å²) in [4.78, 5) is 14.1. The zero-order valence-electron chi connectivity index (χ0n) is 18.2. The van der Waals surface area contributed by atoms with Crippen LogP contribution in [0.1, 0.15) is 56.2 Å². The number of benzene rings is 2. The summed E-state index contributed by atoms with van der Waals surface area (Å²) in [6.45, 7) is 7.04. The molecular formula is C25H30N2O3. The minimum Gasteiger partial charge on any atom is -0.495 e. The summed E-state index contributed by atoms with van der Waals surface area (Å²) >= 11 is 0. The summed E-state index contributed by atoms with van der Waals surface area (Å²) < 4.78 is 10.9. The van der Waals surface area contributed by atoms with Crippen molar-refractivity contribution in [3.05, 3.63) is 59.2 Å². The number of anilines is 1. The Balaban J connectivity index is 1.71. The quantitative estimate of drug-likeness (QED) is 0.575. The Morgan fingerprint density at radius 1 is 1.07 bits per heavy atom. The molecule has 2 aromatic carbocycles. The minimum atomic E-state index is -0.472. The lowest BCUT2D eigenvalue weighted by atomic mass is 9.88. The molecule has 2 aromatic rings. The van der Waals surface area contributed by atoms with Crippen molar-refractivity contribution in [1.82, 2.24) is 4.90 Å². The Labute approximate surface area is 179 Å². The molecule has 1 aliphatic heterocycles. The molecule has 0 saturated carbocycles. The maximum absolute atomic E-state index is 12.3. The van der Waals surface area contributed by atoms with Gasteiger partial charge in [-0.3, -0.25) is 0 Å². The van der Waals surface area contributed by atoms with E-state index in [4.69, 9.17) is 15.2 Å². The fourth-order valence-electron chi connectivity index (χ4n) is 3.54. The third-order valence-corrected chi connectivity index (χ3v) is 5.13. The average Bonchev–Trinajstić information content (AvgIpc) is 2.72. The second-order valence-corrected chi connectivity index (χ2v) is 8.54. The summed E-state index contributed by atoms with van der Waals surface area (Å²) in [5.74, 6) is 7.48. The van der Waals surface area contributed by atoms with Gasteiger partial charge in [0.1, 0.15) is 11.4 Å². The summed E-state index contributed by atoms with van der Waals surface area (Å²) in [7, 11) is 1.64. The number of nitrogen functional groups attached to an aromatic ring is 1. The lowest BCUT2D eigenvalue weighted by Crippen LogP contribution is -2.41. The summed E-state index contributed by atoms with van der Waals surface area (Å²) in [6, 6.07) is 13.7. The molecule has 0 aliphatic carbocycles. The van der Waals surface area contributed by atoms with E-state index in [2.05, 4.69) is 24.0 Å². The summed E-state index contributed by atoms with van der Waals surface area (Å²) in [5.41, 5.74) is 9.21. The smallest absolute Gasteiger partial charge is 0.410 e. The van der Waals surface area contributed by atoms with Gasteiger partial charge in [0.25, 0.3) is 0 Å². The van der Waals surface area contributed by atoms with E-state index < -0.39 is 5.60 Å². The molecule has 1 saturated heterocycles. The number of methoxy groups -OCH3 is 1. The fraction of sp³-hybridized carbons (Fsp3) is 0.400. The molecule has 0 aromatic heterocycles. The van der Waals surface area contributed by atoms with Crippen molar-refractivity contribution in [2.45, 2.75) is 45.1 Å². The summed E-state index contributed by atoms with van der Waals surface area (Å²) in [5, 5.41) is 0. The molecule has 0 atom stereocenters. The number of hydrogen-bond donors (Lipinski definition) is 1. The van der Waals surface area contributed by atoms with Gasteiger partial charge < -0.3 is 20.1 Å². The molecule has 0 bridgehead atoms. The standard InChI is InChI=1S/C25H30N2O3/c1-25(2,3)30-24(28)27-15-13-18(14-16-27)20-11-12-22(26)21(17-20)10-9-19-7-5-6-8-23(19)29-4/h5-8,11-12,17-18H,13-16,26H2,1-4H3. The molecule has 1 heterocycles. The molecule has 1 amide bonds. The SMILES string of the molecule is COc1ccccc1C#Cc1cc(C2CCN(C(=O)OC(C)(C)C)CC2)ccc1N. The van der Waals surface area contributed by atoms with Crippen LogP contribution in [0.2, 0.25) is 0 Å². The van der Waals surface area contributed by atoms with Crippen LogP contribution >= 0.6 is 0 Å². The Kier molecular flexibility index (Phi) is 6.56. The van der Waals surface area contributed by atoms with E-state index in [0.717, 1.165) is 29.7 Å². The molecule has 158 valence electrons. The fourth-order valence-corrected chi connectivity index (χ4v) is 3.54. The maximum Gasteiger partial charge on any atom is 0.410 e. The van der Waals surface area contributed by atoms with Crippen LogP contribution in [0.25, 0.3) is 0 Å². The van der Waals surface area contributed by atoms with Crippen LogP contribution < -0.4 is 10.5 Å². The van der Waals surface area contributed by atoms with E-state index in [-0.39, 0.29) is 6.09 Å². The molecule has 0 spiro atoms. The van der Waals surface area contributed by atoms with E-state index in [0.29, 0.717) is 24.7 Å². The van der Waals surface area contributed by atoms with Gasteiger partial charge in [-0.2, -0.15) is 0 Å². The number of carbonyl (C=O) groups excluding carboxylic acids is 1. The van der Waals surface area contributed by atoms with Crippen molar-refractivity contribution in [1.29, 1.82) is 0 Å². The zero-order chi connectivity index (χ0) is 21.7. The van der Waals surface area contributed by atoms with Gasteiger partial charge in [0.05, 0.1) is 12.7 Å². The van der Waals surface area contributed by atoms with E-state index in [1.165, 1.54) is 5.56 Å². The number of carbonyl (C=O) groups is 1. The number of nitrogens with zero attached hydrogens (tertiary/aromatic N) is 1. The topological polar surface area (TPSA) is 64.8 Å². The van der Waals surface area contributed by atoms with Crippen molar-refractivity contribution >= 4 is 11.8 Å². The monoisotopic (exact) mass is 406 g/mol. The van der Waals surface area contributed by atoms with Crippen LogP contribution in [-0.2, 0) is 4.74 Å². The number of para-hydroxylation sites is 1. The van der Waals surface area contributed by atoms with Crippen LogP contribution in [0.3, 0.4) is 0 Å². The van der Waals surface area contributed by atoms with Crippen LogP contribution in [0, 0.1) is 11.8 Å². The highest BCUT2D eigenvalue weighted by atomic mass is 16.6. The molecule has 0 radical (unpaired) electrons. The molecule has 1 aliphatic rings. The van der Waals surface area contributed by atoms with Gasteiger partial charge in [-0.25, -0.2) is 4.79 Å². The summed E-state index contributed by atoms with van der Waals surface area (Å²) in [6.07, 6.45) is 1.55. The molecule has 30 heavy (non-hydrogen) atoms. The lowest BCUT2D eigenvalue weighted by molar-refractivity contribution is 0.0205. The van der Waals surface area contributed by atoms with Gasteiger partial charge in [0, 0.05) is 24.3 Å². The molecule has 5 nitrogen and oxygen atoms in total. The Morgan fingerprint density at radius 3 is 2.40 bits per heavy atom.